The summed E-state index contributed by atoms with van der Waals surface area (Å²) in [5.74, 6) is 0.909. The van der Waals surface area contributed by atoms with Gasteiger partial charge in [0.05, 0.1) is 12.3 Å². The number of anilines is 2. The molecule has 3 heteroatoms. The summed E-state index contributed by atoms with van der Waals surface area (Å²) in [4.78, 5) is 0. The molecule has 0 heterocycles. The average molecular weight is 284 g/mol. The van der Waals surface area contributed by atoms with Crippen molar-refractivity contribution in [3.63, 3.8) is 0 Å². The van der Waals surface area contributed by atoms with Gasteiger partial charge in [0.15, 0.2) is 0 Å². The highest BCUT2D eigenvalue weighted by atomic mass is 16.5. The molecule has 112 valence electrons. The number of aryl methyl sites for hydroxylation is 2. The molecule has 0 amide bonds. The zero-order valence-electron chi connectivity index (χ0n) is 13.1. The van der Waals surface area contributed by atoms with Crippen LogP contribution in [0.2, 0.25) is 0 Å². The molecule has 0 bridgehead atoms. The third-order valence-electron chi connectivity index (χ3n) is 3.34. The molecule has 2 N–H and O–H groups in total. The Morgan fingerprint density at radius 2 is 1.62 bits per heavy atom. The van der Waals surface area contributed by atoms with E-state index in [1.807, 2.05) is 31.2 Å². The summed E-state index contributed by atoms with van der Waals surface area (Å²) in [6, 6.07) is 14.5. The van der Waals surface area contributed by atoms with E-state index in [-0.39, 0.29) is 0 Å². The molecule has 0 radical (unpaired) electrons. The minimum Gasteiger partial charge on any atom is -0.492 e. The lowest BCUT2D eigenvalue weighted by atomic mass is 10.1. The fourth-order valence-corrected chi connectivity index (χ4v) is 2.21. The van der Waals surface area contributed by atoms with Gasteiger partial charge in [-0.1, -0.05) is 24.3 Å². The van der Waals surface area contributed by atoms with Gasteiger partial charge in [0.1, 0.15) is 5.75 Å². The van der Waals surface area contributed by atoms with Gasteiger partial charge in [0, 0.05) is 18.8 Å². The fraction of sp³-hybridized carbons (Fsp3) is 0.333. The summed E-state index contributed by atoms with van der Waals surface area (Å²) in [6.45, 7) is 8.63. The maximum atomic E-state index is 5.60. The molecule has 0 aliphatic heterocycles. The number of nitrogens with one attached hydrogen (secondary N) is 2. The first-order chi connectivity index (χ1) is 10.2. The maximum absolute atomic E-state index is 5.60. The Morgan fingerprint density at radius 1 is 0.905 bits per heavy atom. The summed E-state index contributed by atoms with van der Waals surface area (Å²) in [5, 5.41) is 6.89. The van der Waals surface area contributed by atoms with Crippen molar-refractivity contribution in [1.82, 2.24) is 0 Å². The molecule has 0 atom stereocenters. The van der Waals surface area contributed by atoms with Crippen molar-refractivity contribution in [3.8, 4) is 5.75 Å². The molecule has 3 nitrogen and oxygen atoms in total. The van der Waals surface area contributed by atoms with Crippen LogP contribution in [0.15, 0.2) is 42.5 Å². The molecule has 0 spiro atoms. The fourth-order valence-electron chi connectivity index (χ4n) is 2.21. The molecule has 0 saturated heterocycles. The van der Waals surface area contributed by atoms with Gasteiger partial charge >= 0.3 is 0 Å². The Hall–Kier alpha value is -2.16. The SMILES string of the molecule is CCOc1ccccc1NCCNc1cc(C)ccc1C. The van der Waals surface area contributed by atoms with Crippen LogP contribution in [0.4, 0.5) is 11.4 Å². The third kappa shape index (κ3) is 4.42. The number of benzene rings is 2. The molecule has 2 rings (SSSR count). The number of rotatable bonds is 7. The summed E-state index contributed by atoms with van der Waals surface area (Å²) >= 11 is 0. The van der Waals surface area contributed by atoms with Gasteiger partial charge < -0.3 is 15.4 Å². The number of hydrogen-bond donors (Lipinski definition) is 2. The first-order valence-electron chi connectivity index (χ1n) is 7.47. The van der Waals surface area contributed by atoms with E-state index >= 15 is 0 Å². The van der Waals surface area contributed by atoms with Gasteiger partial charge in [0.2, 0.25) is 0 Å². The van der Waals surface area contributed by atoms with Crippen LogP contribution in [0.3, 0.4) is 0 Å². The number of ether oxygens (including phenoxy) is 1. The first-order valence-corrected chi connectivity index (χ1v) is 7.47. The molecule has 0 aliphatic rings. The van der Waals surface area contributed by atoms with E-state index in [1.165, 1.54) is 16.8 Å². The van der Waals surface area contributed by atoms with Crippen LogP contribution >= 0.6 is 0 Å². The van der Waals surface area contributed by atoms with E-state index in [2.05, 4.69) is 42.7 Å². The second kappa shape index (κ2) is 7.58. The minimum atomic E-state index is 0.680. The van der Waals surface area contributed by atoms with E-state index in [0.29, 0.717) is 6.61 Å². The molecule has 0 unspecified atom stereocenters. The molecule has 0 aliphatic carbocycles. The lowest BCUT2D eigenvalue weighted by Crippen LogP contribution is -2.14. The molecule has 0 aromatic heterocycles. The second-order valence-electron chi connectivity index (χ2n) is 5.10. The largest absolute Gasteiger partial charge is 0.492 e. The second-order valence-corrected chi connectivity index (χ2v) is 5.10. The van der Waals surface area contributed by atoms with Crippen molar-refractivity contribution in [2.45, 2.75) is 20.8 Å². The average Bonchev–Trinajstić information content (AvgIpc) is 2.49. The van der Waals surface area contributed by atoms with Gasteiger partial charge in [-0.05, 0) is 50.1 Å². The molecule has 0 fully saturated rings. The Balaban J connectivity index is 1.86. The predicted molar refractivity (Wildman–Crippen MR) is 90.5 cm³/mol. The smallest absolute Gasteiger partial charge is 0.142 e. The molecule has 0 saturated carbocycles. The zero-order chi connectivity index (χ0) is 15.1. The quantitative estimate of drug-likeness (QED) is 0.747. The normalized spacial score (nSPS) is 10.2. The van der Waals surface area contributed by atoms with E-state index < -0.39 is 0 Å². The molecular weight excluding hydrogens is 260 g/mol. The van der Waals surface area contributed by atoms with Gasteiger partial charge in [-0.15, -0.1) is 0 Å². The van der Waals surface area contributed by atoms with Gasteiger partial charge in [0.25, 0.3) is 0 Å². The van der Waals surface area contributed by atoms with Gasteiger partial charge in [-0.2, -0.15) is 0 Å². The van der Waals surface area contributed by atoms with Crippen LogP contribution in [-0.2, 0) is 0 Å². The van der Waals surface area contributed by atoms with E-state index in [1.54, 1.807) is 0 Å². The Morgan fingerprint density at radius 3 is 2.38 bits per heavy atom. The van der Waals surface area contributed by atoms with E-state index in [0.717, 1.165) is 24.5 Å². The van der Waals surface area contributed by atoms with Crippen LogP contribution in [0, 0.1) is 13.8 Å². The van der Waals surface area contributed by atoms with Crippen LogP contribution in [0.1, 0.15) is 18.1 Å². The maximum Gasteiger partial charge on any atom is 0.142 e. The standard InChI is InChI=1S/C18H24N2O/c1-4-21-18-8-6-5-7-16(18)19-11-12-20-17-13-14(2)9-10-15(17)3/h5-10,13,19-20H,4,11-12H2,1-3H3. The van der Waals surface area contributed by atoms with Gasteiger partial charge in [-0.25, -0.2) is 0 Å². The van der Waals surface area contributed by atoms with Crippen molar-refractivity contribution < 1.29 is 4.74 Å². The molecule has 2 aromatic rings. The van der Waals surface area contributed by atoms with Crippen LogP contribution < -0.4 is 15.4 Å². The van der Waals surface area contributed by atoms with Crippen molar-refractivity contribution in [1.29, 1.82) is 0 Å². The van der Waals surface area contributed by atoms with Crippen molar-refractivity contribution >= 4 is 11.4 Å². The zero-order valence-corrected chi connectivity index (χ0v) is 13.1. The van der Waals surface area contributed by atoms with Crippen LogP contribution in [0.25, 0.3) is 0 Å². The third-order valence-corrected chi connectivity index (χ3v) is 3.34. The molecule has 2 aromatic carbocycles. The topological polar surface area (TPSA) is 33.3 Å². The lowest BCUT2D eigenvalue weighted by Gasteiger charge is -2.14. The van der Waals surface area contributed by atoms with Crippen molar-refractivity contribution in [2.24, 2.45) is 0 Å². The Labute approximate surface area is 127 Å². The van der Waals surface area contributed by atoms with E-state index in [4.69, 9.17) is 4.74 Å². The summed E-state index contributed by atoms with van der Waals surface area (Å²) in [5.41, 5.74) is 4.80. The number of hydrogen-bond acceptors (Lipinski definition) is 3. The Bertz CT molecular complexity index is 581. The first kappa shape index (κ1) is 15.2. The van der Waals surface area contributed by atoms with Crippen molar-refractivity contribution in [2.75, 3.05) is 30.3 Å². The van der Waals surface area contributed by atoms with Crippen molar-refractivity contribution in [3.05, 3.63) is 53.6 Å². The highest BCUT2D eigenvalue weighted by Gasteiger charge is 2.01. The van der Waals surface area contributed by atoms with Crippen LogP contribution in [0.5, 0.6) is 5.75 Å². The van der Waals surface area contributed by atoms with Gasteiger partial charge in [-0.3, -0.25) is 0 Å². The monoisotopic (exact) mass is 284 g/mol. The highest BCUT2D eigenvalue weighted by molar-refractivity contribution is 5.57. The summed E-state index contributed by atoms with van der Waals surface area (Å²) in [7, 11) is 0. The predicted octanol–water partition coefficient (Wildman–Crippen LogP) is 4.23. The summed E-state index contributed by atoms with van der Waals surface area (Å²) < 4.78 is 5.60. The highest BCUT2D eigenvalue weighted by Crippen LogP contribution is 2.23. The molecule has 21 heavy (non-hydrogen) atoms. The molecular formula is C18H24N2O. The lowest BCUT2D eigenvalue weighted by molar-refractivity contribution is 0.342. The Kier molecular flexibility index (Phi) is 5.50. The van der Waals surface area contributed by atoms with E-state index in [9.17, 15) is 0 Å². The number of para-hydroxylation sites is 2. The summed E-state index contributed by atoms with van der Waals surface area (Å²) in [6.07, 6.45) is 0. The minimum absolute atomic E-state index is 0.680. The van der Waals surface area contributed by atoms with Crippen LogP contribution in [-0.4, -0.2) is 19.7 Å².